The SMILES string of the molecule is NNC(=O)c1ccc2c(c1)[N+](=Cc1cc(F)ccc1O)C=N2. The second-order valence-corrected chi connectivity index (χ2v) is 4.66. The molecule has 0 aliphatic carbocycles. The minimum atomic E-state index is -0.461. The lowest BCUT2D eigenvalue weighted by atomic mass is 10.1. The number of nitrogens with one attached hydrogen (secondary N) is 1. The Morgan fingerprint density at radius 3 is 2.91 bits per heavy atom. The van der Waals surface area contributed by atoms with Crippen molar-refractivity contribution in [1.82, 2.24) is 5.43 Å². The third-order valence-electron chi connectivity index (χ3n) is 3.24. The van der Waals surface area contributed by atoms with E-state index in [1.807, 2.05) is 0 Å². The number of rotatable bonds is 2. The molecule has 22 heavy (non-hydrogen) atoms. The fourth-order valence-corrected chi connectivity index (χ4v) is 2.13. The summed E-state index contributed by atoms with van der Waals surface area (Å²) in [5.41, 5.74) is 4.01. The van der Waals surface area contributed by atoms with Crippen molar-refractivity contribution in [3.05, 3.63) is 53.3 Å². The van der Waals surface area contributed by atoms with Gasteiger partial charge in [0.15, 0.2) is 5.69 Å². The van der Waals surface area contributed by atoms with Crippen LogP contribution in [0.3, 0.4) is 0 Å². The number of phenols is 1. The second kappa shape index (κ2) is 5.38. The number of hydrogen-bond donors (Lipinski definition) is 3. The first kappa shape index (κ1) is 13.9. The number of phenolic OH excluding ortho intramolecular Hbond substituents is 1. The highest BCUT2D eigenvalue weighted by atomic mass is 19.1. The number of halogens is 1. The number of fused-ring (bicyclic) bond motifs is 1. The van der Waals surface area contributed by atoms with E-state index in [2.05, 4.69) is 10.4 Å². The molecule has 0 atom stereocenters. The molecule has 0 unspecified atom stereocenters. The Kier molecular flexibility index (Phi) is 3.40. The first-order valence-electron chi connectivity index (χ1n) is 6.39. The standard InChI is InChI=1S/C15H11FN4O2/c16-11-2-4-14(21)10(5-11)7-20-8-18-12-3-1-9(6-13(12)20)15(22)19-17/h1-8H,17H2,(H,19,22)/p+1. The Morgan fingerprint density at radius 1 is 1.32 bits per heavy atom. The molecule has 0 bridgehead atoms. The molecule has 2 aromatic carbocycles. The normalized spacial score (nSPS) is 14.2. The van der Waals surface area contributed by atoms with E-state index in [1.54, 1.807) is 22.8 Å². The summed E-state index contributed by atoms with van der Waals surface area (Å²) in [5, 5.41) is 9.77. The molecule has 6 nitrogen and oxygen atoms in total. The predicted octanol–water partition coefficient (Wildman–Crippen LogP) is 1.57. The summed E-state index contributed by atoms with van der Waals surface area (Å²) >= 11 is 0. The fraction of sp³-hybridized carbons (Fsp3) is 0. The molecule has 1 amide bonds. The third kappa shape index (κ3) is 2.45. The van der Waals surface area contributed by atoms with E-state index < -0.39 is 11.7 Å². The quantitative estimate of drug-likeness (QED) is 0.340. The molecule has 0 aromatic heterocycles. The molecule has 0 saturated carbocycles. The summed E-state index contributed by atoms with van der Waals surface area (Å²) in [6, 6.07) is 8.53. The van der Waals surface area contributed by atoms with E-state index in [9.17, 15) is 14.3 Å². The summed E-state index contributed by atoms with van der Waals surface area (Å²) in [6.07, 6.45) is 3.04. The van der Waals surface area contributed by atoms with Crippen LogP contribution in [0.15, 0.2) is 41.4 Å². The van der Waals surface area contributed by atoms with E-state index in [4.69, 9.17) is 5.84 Å². The largest absolute Gasteiger partial charge is 0.507 e. The predicted molar refractivity (Wildman–Crippen MR) is 79.4 cm³/mol. The van der Waals surface area contributed by atoms with Crippen LogP contribution in [0.1, 0.15) is 15.9 Å². The number of carbonyl (C=O) groups is 1. The first-order chi connectivity index (χ1) is 10.6. The molecule has 110 valence electrons. The highest BCUT2D eigenvalue weighted by molar-refractivity contribution is 5.96. The average molecular weight is 299 g/mol. The lowest BCUT2D eigenvalue weighted by Gasteiger charge is -2.02. The van der Waals surface area contributed by atoms with Gasteiger partial charge < -0.3 is 5.11 Å². The minimum absolute atomic E-state index is 0.0564. The molecular formula is C15H12FN4O2+. The van der Waals surface area contributed by atoms with E-state index in [-0.39, 0.29) is 5.75 Å². The zero-order valence-corrected chi connectivity index (χ0v) is 11.3. The molecule has 2 aromatic rings. The summed E-state index contributed by atoms with van der Waals surface area (Å²) in [4.78, 5) is 15.8. The molecule has 7 heteroatoms. The maximum Gasteiger partial charge on any atom is 0.292 e. The van der Waals surface area contributed by atoms with Gasteiger partial charge in [0.2, 0.25) is 5.69 Å². The van der Waals surface area contributed by atoms with Gasteiger partial charge >= 0.3 is 0 Å². The van der Waals surface area contributed by atoms with Crippen molar-refractivity contribution < 1.29 is 18.9 Å². The molecule has 0 spiro atoms. The van der Waals surface area contributed by atoms with E-state index in [0.29, 0.717) is 22.5 Å². The van der Waals surface area contributed by atoms with E-state index >= 15 is 0 Å². The van der Waals surface area contributed by atoms with Gasteiger partial charge in [-0.3, -0.25) is 10.2 Å². The van der Waals surface area contributed by atoms with Gasteiger partial charge in [-0.05, 0) is 35.3 Å². The molecule has 1 aliphatic rings. The lowest BCUT2D eigenvalue weighted by Crippen LogP contribution is -2.29. The molecule has 0 fully saturated rings. The molecule has 0 saturated heterocycles. The number of aromatic hydroxyl groups is 1. The summed E-state index contributed by atoms with van der Waals surface area (Å²) in [5.74, 6) is 4.17. The number of carbonyl (C=O) groups excluding carboxylic acids is 1. The van der Waals surface area contributed by atoms with Crippen molar-refractivity contribution in [2.24, 2.45) is 10.8 Å². The van der Waals surface area contributed by atoms with Crippen LogP contribution < -0.4 is 11.3 Å². The molecular weight excluding hydrogens is 287 g/mol. The maximum absolute atomic E-state index is 13.3. The van der Waals surface area contributed by atoms with Crippen LogP contribution in [0, 0.1) is 5.82 Å². The molecule has 0 radical (unpaired) electrons. The van der Waals surface area contributed by atoms with Gasteiger partial charge in [0.25, 0.3) is 12.2 Å². The maximum atomic E-state index is 13.3. The Balaban J connectivity index is 2.06. The number of hydrazine groups is 1. The highest BCUT2D eigenvalue weighted by Crippen LogP contribution is 2.32. The lowest BCUT2D eigenvalue weighted by molar-refractivity contribution is -0.282. The zero-order chi connectivity index (χ0) is 15.7. The van der Waals surface area contributed by atoms with Crippen molar-refractivity contribution >= 4 is 29.8 Å². The topological polar surface area (TPSA) is 90.7 Å². The summed E-state index contributed by atoms with van der Waals surface area (Å²) in [7, 11) is 0. The van der Waals surface area contributed by atoms with E-state index in [0.717, 1.165) is 0 Å². The Morgan fingerprint density at radius 2 is 2.14 bits per heavy atom. The van der Waals surface area contributed by atoms with Crippen molar-refractivity contribution in [2.45, 2.75) is 0 Å². The fourth-order valence-electron chi connectivity index (χ4n) is 2.13. The Hall–Kier alpha value is -3.06. The molecule has 3 rings (SSSR count). The average Bonchev–Trinajstić information content (AvgIpc) is 2.92. The van der Waals surface area contributed by atoms with E-state index in [1.165, 1.54) is 30.8 Å². The van der Waals surface area contributed by atoms with Crippen molar-refractivity contribution in [3.8, 4) is 5.75 Å². The molecule has 1 aliphatic heterocycles. The van der Waals surface area contributed by atoms with Crippen LogP contribution in [-0.2, 0) is 0 Å². The number of nitrogens with two attached hydrogens (primary N) is 1. The number of amides is 1. The van der Waals surface area contributed by atoms with Gasteiger partial charge in [-0.2, -0.15) is 4.58 Å². The smallest absolute Gasteiger partial charge is 0.292 e. The number of benzene rings is 2. The number of aliphatic imine (C=N–C) groups is 1. The highest BCUT2D eigenvalue weighted by Gasteiger charge is 2.22. The zero-order valence-electron chi connectivity index (χ0n) is 11.3. The minimum Gasteiger partial charge on any atom is -0.507 e. The van der Waals surface area contributed by atoms with Crippen LogP contribution in [0.4, 0.5) is 15.8 Å². The number of nitrogens with zero attached hydrogens (tertiary/aromatic N) is 2. The van der Waals surface area contributed by atoms with Crippen molar-refractivity contribution in [1.29, 1.82) is 0 Å². The summed E-state index contributed by atoms with van der Waals surface area (Å²) in [6.45, 7) is 0. The van der Waals surface area contributed by atoms with Gasteiger partial charge in [-0.1, -0.05) is 0 Å². The third-order valence-corrected chi connectivity index (χ3v) is 3.24. The van der Waals surface area contributed by atoms with Gasteiger partial charge in [0.1, 0.15) is 17.8 Å². The Labute approximate surface area is 125 Å². The van der Waals surface area contributed by atoms with Crippen molar-refractivity contribution in [3.63, 3.8) is 0 Å². The van der Waals surface area contributed by atoms with Crippen LogP contribution in [0.25, 0.3) is 0 Å². The first-order valence-corrected chi connectivity index (χ1v) is 6.39. The van der Waals surface area contributed by atoms with Crippen molar-refractivity contribution in [2.75, 3.05) is 0 Å². The number of hydrogen-bond acceptors (Lipinski definition) is 4. The van der Waals surface area contributed by atoms with Gasteiger partial charge in [0, 0.05) is 11.6 Å². The van der Waals surface area contributed by atoms with Gasteiger partial charge in [-0.25, -0.2) is 10.2 Å². The van der Waals surface area contributed by atoms with Gasteiger partial charge in [-0.15, -0.1) is 0 Å². The molecule has 4 N–H and O–H groups in total. The monoisotopic (exact) mass is 299 g/mol. The molecule has 1 heterocycles. The van der Waals surface area contributed by atoms with Crippen LogP contribution in [-0.4, -0.2) is 28.1 Å². The number of nitrogen functional groups attached to an aromatic ring is 1. The van der Waals surface area contributed by atoms with Crippen LogP contribution >= 0.6 is 0 Å². The summed E-state index contributed by atoms with van der Waals surface area (Å²) < 4.78 is 14.9. The van der Waals surface area contributed by atoms with Crippen LogP contribution in [0.2, 0.25) is 0 Å². The Bertz CT molecular complexity index is 830. The second-order valence-electron chi connectivity index (χ2n) is 4.66. The van der Waals surface area contributed by atoms with Gasteiger partial charge in [0.05, 0.1) is 5.56 Å². The van der Waals surface area contributed by atoms with Crippen LogP contribution in [0.5, 0.6) is 5.75 Å².